The number of hydrogen-bond donors (Lipinski definition) is 2. The number of hydrogen-bond acceptors (Lipinski definition) is 5. The van der Waals surface area contributed by atoms with Crippen molar-refractivity contribution in [1.29, 1.82) is 0 Å². The topological polar surface area (TPSA) is 81.8 Å². The summed E-state index contributed by atoms with van der Waals surface area (Å²) in [5.41, 5.74) is 5.28. The van der Waals surface area contributed by atoms with Gasteiger partial charge in [0.2, 0.25) is 0 Å². The molecule has 0 spiro atoms. The molecule has 2 unspecified atom stereocenters. The zero-order valence-corrected chi connectivity index (χ0v) is 10.1. The Morgan fingerprint density at radius 2 is 2.06 bits per heavy atom. The Balaban J connectivity index is 2.13. The van der Waals surface area contributed by atoms with Crippen LogP contribution in [0.15, 0.2) is 23.1 Å². The van der Waals surface area contributed by atoms with Crippen molar-refractivity contribution in [3.8, 4) is 11.5 Å². The lowest BCUT2D eigenvalue weighted by molar-refractivity contribution is 0.171. The van der Waals surface area contributed by atoms with Gasteiger partial charge in [0.1, 0.15) is 13.2 Å². The lowest BCUT2D eigenvalue weighted by atomic mass is 10.3. The van der Waals surface area contributed by atoms with E-state index in [0.29, 0.717) is 29.6 Å². The molecule has 94 valence electrons. The van der Waals surface area contributed by atoms with Crippen LogP contribution in [0, 0.1) is 0 Å². The number of aliphatic hydroxyl groups is 1. The molecule has 0 radical (unpaired) electrons. The molecule has 0 saturated heterocycles. The molecule has 1 heterocycles. The molecular formula is C11H15NO4S. The summed E-state index contributed by atoms with van der Waals surface area (Å²) >= 11 is 0. The Bertz CT molecular complexity index is 424. The maximum atomic E-state index is 11.9. The van der Waals surface area contributed by atoms with Gasteiger partial charge < -0.3 is 20.3 Å². The lowest BCUT2D eigenvalue weighted by Crippen LogP contribution is -2.26. The molecule has 17 heavy (non-hydrogen) atoms. The summed E-state index contributed by atoms with van der Waals surface area (Å²) in [6.07, 6.45) is -0.746. The first-order valence-electron chi connectivity index (χ1n) is 5.37. The standard InChI is InChI=1S/C11H15NO4S/c12-6-8(13)7-17(14)9-1-2-10-11(5-9)16-4-3-15-10/h1-2,5,8,13H,3-4,6-7,12H2. The van der Waals surface area contributed by atoms with Crippen molar-refractivity contribution in [1.82, 2.24) is 0 Å². The first kappa shape index (κ1) is 12.3. The number of nitrogens with two attached hydrogens (primary N) is 1. The minimum atomic E-state index is -1.28. The third-order valence-electron chi connectivity index (χ3n) is 2.39. The normalized spacial score (nSPS) is 17.5. The van der Waals surface area contributed by atoms with Gasteiger partial charge in [0, 0.05) is 17.5 Å². The van der Waals surface area contributed by atoms with Gasteiger partial charge in [-0.1, -0.05) is 0 Å². The summed E-state index contributed by atoms with van der Waals surface area (Å²) in [6.45, 7) is 1.13. The fourth-order valence-electron chi connectivity index (χ4n) is 1.50. The van der Waals surface area contributed by atoms with Crippen LogP contribution in [-0.2, 0) is 10.8 Å². The predicted molar refractivity (Wildman–Crippen MR) is 63.8 cm³/mol. The fourth-order valence-corrected chi connectivity index (χ4v) is 2.64. The van der Waals surface area contributed by atoms with Crippen LogP contribution in [0.5, 0.6) is 11.5 Å². The molecule has 1 aromatic carbocycles. The fraction of sp³-hybridized carbons (Fsp3) is 0.455. The third kappa shape index (κ3) is 2.96. The highest BCUT2D eigenvalue weighted by Crippen LogP contribution is 2.31. The van der Waals surface area contributed by atoms with E-state index >= 15 is 0 Å². The molecule has 0 aromatic heterocycles. The van der Waals surface area contributed by atoms with Crippen LogP contribution >= 0.6 is 0 Å². The average molecular weight is 257 g/mol. The highest BCUT2D eigenvalue weighted by atomic mass is 32.2. The summed E-state index contributed by atoms with van der Waals surface area (Å²) < 4.78 is 22.7. The molecule has 2 atom stereocenters. The Morgan fingerprint density at radius 1 is 1.35 bits per heavy atom. The second kappa shape index (κ2) is 5.48. The van der Waals surface area contributed by atoms with Gasteiger partial charge in [-0.3, -0.25) is 4.21 Å². The van der Waals surface area contributed by atoms with Gasteiger partial charge in [0.25, 0.3) is 0 Å². The van der Waals surface area contributed by atoms with E-state index in [1.807, 2.05) is 0 Å². The molecule has 0 aliphatic carbocycles. The van der Waals surface area contributed by atoms with Gasteiger partial charge in [0.05, 0.1) is 22.7 Å². The van der Waals surface area contributed by atoms with Crippen molar-refractivity contribution < 1.29 is 18.8 Å². The van der Waals surface area contributed by atoms with Gasteiger partial charge in [-0.15, -0.1) is 0 Å². The van der Waals surface area contributed by atoms with E-state index in [4.69, 9.17) is 15.2 Å². The maximum absolute atomic E-state index is 11.9. The molecule has 5 nitrogen and oxygen atoms in total. The summed E-state index contributed by atoms with van der Waals surface area (Å²) in [6, 6.07) is 5.14. The van der Waals surface area contributed by atoms with Gasteiger partial charge in [0.15, 0.2) is 11.5 Å². The van der Waals surface area contributed by atoms with Gasteiger partial charge >= 0.3 is 0 Å². The summed E-state index contributed by atoms with van der Waals surface area (Å²) in [4.78, 5) is 0.613. The Morgan fingerprint density at radius 3 is 2.76 bits per heavy atom. The zero-order chi connectivity index (χ0) is 12.3. The van der Waals surface area contributed by atoms with Crippen molar-refractivity contribution in [2.75, 3.05) is 25.5 Å². The molecule has 2 rings (SSSR count). The minimum Gasteiger partial charge on any atom is -0.486 e. The van der Waals surface area contributed by atoms with Gasteiger partial charge in [-0.2, -0.15) is 0 Å². The molecule has 0 amide bonds. The number of fused-ring (bicyclic) bond motifs is 1. The maximum Gasteiger partial charge on any atom is 0.162 e. The van der Waals surface area contributed by atoms with Crippen LogP contribution < -0.4 is 15.2 Å². The Kier molecular flexibility index (Phi) is 3.98. The summed E-state index contributed by atoms with van der Waals surface area (Å²) in [7, 11) is -1.28. The van der Waals surface area contributed by atoms with Crippen LogP contribution in [0.4, 0.5) is 0 Å². The quantitative estimate of drug-likeness (QED) is 0.786. The number of benzene rings is 1. The Hall–Kier alpha value is -1.11. The Labute approximate surface area is 102 Å². The average Bonchev–Trinajstić information content (AvgIpc) is 2.38. The summed E-state index contributed by atoms with van der Waals surface area (Å²) in [5.74, 6) is 1.40. The van der Waals surface area contributed by atoms with Crippen LogP contribution in [0.25, 0.3) is 0 Å². The minimum absolute atomic E-state index is 0.107. The van der Waals surface area contributed by atoms with Crippen LogP contribution in [0.1, 0.15) is 0 Å². The first-order chi connectivity index (χ1) is 8.20. The molecule has 1 aromatic rings. The lowest BCUT2D eigenvalue weighted by Gasteiger charge is -2.18. The van der Waals surface area contributed by atoms with Crippen molar-refractivity contribution >= 4 is 10.8 Å². The molecule has 6 heteroatoms. The van der Waals surface area contributed by atoms with Crippen molar-refractivity contribution in [2.45, 2.75) is 11.0 Å². The van der Waals surface area contributed by atoms with E-state index in [-0.39, 0.29) is 12.3 Å². The van der Waals surface area contributed by atoms with E-state index in [0.717, 1.165) is 0 Å². The second-order valence-corrected chi connectivity index (χ2v) is 5.20. The highest BCUT2D eigenvalue weighted by molar-refractivity contribution is 7.85. The molecule has 1 aliphatic heterocycles. The van der Waals surface area contributed by atoms with Crippen molar-refractivity contribution in [2.24, 2.45) is 5.73 Å². The summed E-state index contributed by atoms with van der Waals surface area (Å²) in [5, 5.41) is 9.35. The highest BCUT2D eigenvalue weighted by Gasteiger charge is 2.15. The van der Waals surface area contributed by atoms with Crippen molar-refractivity contribution in [3.05, 3.63) is 18.2 Å². The second-order valence-electron chi connectivity index (χ2n) is 3.71. The number of aliphatic hydroxyl groups excluding tert-OH is 1. The smallest absolute Gasteiger partial charge is 0.162 e. The monoisotopic (exact) mass is 257 g/mol. The molecule has 0 fully saturated rings. The van der Waals surface area contributed by atoms with Crippen LogP contribution in [-0.4, -0.2) is 40.9 Å². The van der Waals surface area contributed by atoms with Gasteiger partial charge in [-0.25, -0.2) is 0 Å². The molecular weight excluding hydrogens is 242 g/mol. The van der Waals surface area contributed by atoms with Gasteiger partial charge in [-0.05, 0) is 12.1 Å². The van der Waals surface area contributed by atoms with Crippen LogP contribution in [0.3, 0.4) is 0 Å². The molecule has 0 saturated carbocycles. The molecule has 3 N–H and O–H groups in total. The first-order valence-corrected chi connectivity index (χ1v) is 6.68. The molecule has 0 bridgehead atoms. The number of rotatable bonds is 4. The number of ether oxygens (including phenoxy) is 2. The van der Waals surface area contributed by atoms with E-state index in [1.165, 1.54) is 0 Å². The van der Waals surface area contributed by atoms with E-state index in [1.54, 1.807) is 18.2 Å². The van der Waals surface area contributed by atoms with E-state index < -0.39 is 16.9 Å². The zero-order valence-electron chi connectivity index (χ0n) is 9.30. The predicted octanol–water partition coefficient (Wildman–Crippen LogP) is -0.115. The van der Waals surface area contributed by atoms with Crippen LogP contribution in [0.2, 0.25) is 0 Å². The third-order valence-corrected chi connectivity index (χ3v) is 3.86. The van der Waals surface area contributed by atoms with Crippen molar-refractivity contribution in [3.63, 3.8) is 0 Å². The van der Waals surface area contributed by atoms with E-state index in [2.05, 4.69) is 0 Å². The SMILES string of the molecule is NCC(O)CS(=O)c1ccc2c(c1)OCCO2. The largest absolute Gasteiger partial charge is 0.486 e. The van der Waals surface area contributed by atoms with E-state index in [9.17, 15) is 9.32 Å². The molecule has 1 aliphatic rings.